The molecule has 0 bridgehead atoms. The van der Waals surface area contributed by atoms with Crippen molar-refractivity contribution in [3.05, 3.63) is 64.1 Å². The summed E-state index contributed by atoms with van der Waals surface area (Å²) in [5, 5.41) is 3.66. The Morgan fingerprint density at radius 2 is 1.69 bits per heavy atom. The number of carbonyl (C=O) groups is 1. The number of benzene rings is 2. The smallest absolute Gasteiger partial charge is 0.246 e. The first-order chi connectivity index (χ1) is 12.4. The molecular weight excluding hydrogens is 395 g/mol. The van der Waals surface area contributed by atoms with E-state index in [0.717, 1.165) is 5.56 Å². The number of rotatable bonds is 4. The van der Waals surface area contributed by atoms with E-state index in [1.54, 1.807) is 18.2 Å². The van der Waals surface area contributed by atoms with E-state index in [1.807, 2.05) is 35.2 Å². The van der Waals surface area contributed by atoms with Crippen LogP contribution >= 0.6 is 23.2 Å². The molecule has 0 spiro atoms. The van der Waals surface area contributed by atoms with E-state index in [2.05, 4.69) is 5.32 Å². The average Bonchev–Trinajstić information content (AvgIpc) is 2.60. The first kappa shape index (κ1) is 19.2. The quantitative estimate of drug-likeness (QED) is 0.835. The lowest BCUT2D eigenvalue weighted by atomic mass is 10.0. The maximum atomic E-state index is 13.0. The number of hydrogen-bond acceptors (Lipinski definition) is 4. The topological polar surface area (TPSA) is 66.5 Å². The van der Waals surface area contributed by atoms with Crippen molar-refractivity contribution in [2.75, 3.05) is 29.9 Å². The molecule has 1 aliphatic heterocycles. The van der Waals surface area contributed by atoms with Crippen molar-refractivity contribution < 1.29 is 13.2 Å². The maximum absolute atomic E-state index is 13.0. The molecule has 1 unspecified atom stereocenters. The van der Waals surface area contributed by atoms with Crippen LogP contribution in [0.4, 0.5) is 5.69 Å². The van der Waals surface area contributed by atoms with Gasteiger partial charge in [-0.1, -0.05) is 53.5 Å². The Kier molecular flexibility index (Phi) is 5.87. The molecule has 8 heteroatoms. The molecule has 1 N–H and O–H groups in total. The number of carbonyl (C=O) groups excluding carboxylic acids is 1. The lowest BCUT2D eigenvalue weighted by molar-refractivity contribution is -0.121. The van der Waals surface area contributed by atoms with Crippen molar-refractivity contribution in [3.63, 3.8) is 0 Å². The molecule has 2 aromatic rings. The van der Waals surface area contributed by atoms with Gasteiger partial charge in [0, 0.05) is 18.1 Å². The van der Waals surface area contributed by atoms with E-state index in [0.29, 0.717) is 28.8 Å². The van der Waals surface area contributed by atoms with Gasteiger partial charge < -0.3 is 5.32 Å². The molecule has 26 heavy (non-hydrogen) atoms. The van der Waals surface area contributed by atoms with E-state index >= 15 is 0 Å². The van der Waals surface area contributed by atoms with Crippen LogP contribution in [0.3, 0.4) is 0 Å². The Bertz CT molecular complexity index is 890. The summed E-state index contributed by atoms with van der Waals surface area (Å²) in [6.45, 7) is 0.618. The summed E-state index contributed by atoms with van der Waals surface area (Å²) in [7, 11) is -3.04. The van der Waals surface area contributed by atoms with Gasteiger partial charge in [0.15, 0.2) is 9.84 Å². The van der Waals surface area contributed by atoms with Gasteiger partial charge in [-0.05, 0) is 23.8 Å². The fourth-order valence-electron chi connectivity index (χ4n) is 2.94. The van der Waals surface area contributed by atoms with Crippen LogP contribution in [0.2, 0.25) is 10.0 Å². The summed E-state index contributed by atoms with van der Waals surface area (Å²) >= 11 is 12.1. The van der Waals surface area contributed by atoms with Crippen LogP contribution < -0.4 is 5.32 Å². The summed E-state index contributed by atoms with van der Waals surface area (Å²) < 4.78 is 23.5. The van der Waals surface area contributed by atoms with Gasteiger partial charge in [0.1, 0.15) is 6.04 Å². The van der Waals surface area contributed by atoms with Crippen molar-refractivity contribution in [1.82, 2.24) is 4.90 Å². The van der Waals surface area contributed by atoms with E-state index in [4.69, 9.17) is 23.2 Å². The van der Waals surface area contributed by atoms with Gasteiger partial charge in [0.25, 0.3) is 0 Å². The Labute approximate surface area is 162 Å². The molecule has 3 rings (SSSR count). The summed E-state index contributed by atoms with van der Waals surface area (Å²) in [5.41, 5.74) is 1.26. The predicted octanol–water partition coefficient (Wildman–Crippen LogP) is 3.40. The Morgan fingerprint density at radius 1 is 1.04 bits per heavy atom. The lowest BCUT2D eigenvalue weighted by Crippen LogP contribution is -2.46. The summed E-state index contributed by atoms with van der Waals surface area (Å²) in [5.74, 6) is -0.170. The summed E-state index contributed by atoms with van der Waals surface area (Å²) in [6.07, 6.45) is 0. The molecule has 5 nitrogen and oxygen atoms in total. The van der Waals surface area contributed by atoms with Gasteiger partial charge in [-0.2, -0.15) is 0 Å². The van der Waals surface area contributed by atoms with Crippen LogP contribution in [-0.4, -0.2) is 43.8 Å². The highest BCUT2D eigenvalue weighted by Gasteiger charge is 2.32. The van der Waals surface area contributed by atoms with Crippen LogP contribution in [0.25, 0.3) is 0 Å². The highest BCUT2D eigenvalue weighted by atomic mass is 35.5. The van der Waals surface area contributed by atoms with Crippen LogP contribution in [0.5, 0.6) is 0 Å². The molecule has 1 fully saturated rings. The normalized spacial score (nSPS) is 18.2. The zero-order valence-electron chi connectivity index (χ0n) is 13.9. The molecule has 1 saturated heterocycles. The number of sulfone groups is 1. The van der Waals surface area contributed by atoms with E-state index in [9.17, 15) is 13.2 Å². The standard InChI is InChI=1S/C18H18Cl2N2O3S/c19-14-6-7-16(15(20)12-14)21-18(23)17(13-4-2-1-3-5-13)22-8-10-26(24,25)11-9-22/h1-7,12,17H,8-11H2,(H,21,23). The summed E-state index contributed by atoms with van der Waals surface area (Å²) in [4.78, 5) is 14.9. The van der Waals surface area contributed by atoms with Gasteiger partial charge in [0.2, 0.25) is 5.91 Å². The van der Waals surface area contributed by atoms with Crippen molar-refractivity contribution in [3.8, 4) is 0 Å². The molecular formula is C18H18Cl2N2O3S. The highest BCUT2D eigenvalue weighted by molar-refractivity contribution is 7.91. The second kappa shape index (κ2) is 7.96. The first-order valence-electron chi connectivity index (χ1n) is 8.11. The predicted molar refractivity (Wildman–Crippen MR) is 105 cm³/mol. The van der Waals surface area contributed by atoms with Gasteiger partial charge in [-0.15, -0.1) is 0 Å². The number of hydrogen-bond donors (Lipinski definition) is 1. The molecule has 1 heterocycles. The number of nitrogens with zero attached hydrogens (tertiary/aromatic N) is 1. The SMILES string of the molecule is O=C(Nc1ccc(Cl)cc1Cl)C(c1ccccc1)N1CCS(=O)(=O)CC1. The number of anilines is 1. The van der Waals surface area contributed by atoms with Crippen LogP contribution in [0, 0.1) is 0 Å². The second-order valence-electron chi connectivity index (χ2n) is 6.11. The third-order valence-corrected chi connectivity index (χ3v) is 6.45. The Morgan fingerprint density at radius 3 is 2.31 bits per heavy atom. The van der Waals surface area contributed by atoms with Gasteiger partial charge in [0.05, 0.1) is 22.2 Å². The van der Waals surface area contributed by atoms with Crippen molar-refractivity contribution >= 4 is 44.6 Å². The monoisotopic (exact) mass is 412 g/mol. The number of nitrogens with one attached hydrogen (secondary N) is 1. The fourth-order valence-corrected chi connectivity index (χ4v) is 4.63. The van der Waals surface area contributed by atoms with Crippen LogP contribution in [0.15, 0.2) is 48.5 Å². The highest BCUT2D eigenvalue weighted by Crippen LogP contribution is 2.29. The minimum absolute atomic E-state index is 0.0469. The molecule has 1 amide bonds. The Hall–Kier alpha value is -1.60. The second-order valence-corrected chi connectivity index (χ2v) is 9.26. The zero-order chi connectivity index (χ0) is 18.7. The van der Waals surface area contributed by atoms with Crippen molar-refractivity contribution in [2.45, 2.75) is 6.04 Å². The summed E-state index contributed by atoms with van der Waals surface area (Å²) in [6, 6.07) is 13.5. The minimum Gasteiger partial charge on any atom is -0.323 e. The van der Waals surface area contributed by atoms with Gasteiger partial charge in [-0.25, -0.2) is 8.42 Å². The van der Waals surface area contributed by atoms with E-state index in [1.165, 1.54) is 0 Å². The van der Waals surface area contributed by atoms with E-state index < -0.39 is 15.9 Å². The fraction of sp³-hybridized carbons (Fsp3) is 0.278. The maximum Gasteiger partial charge on any atom is 0.246 e. The molecule has 2 aromatic carbocycles. The zero-order valence-corrected chi connectivity index (χ0v) is 16.2. The molecule has 0 radical (unpaired) electrons. The number of amides is 1. The Balaban J connectivity index is 1.87. The molecule has 0 aliphatic carbocycles. The minimum atomic E-state index is -3.04. The first-order valence-corrected chi connectivity index (χ1v) is 10.7. The average molecular weight is 413 g/mol. The van der Waals surface area contributed by atoms with E-state index in [-0.39, 0.29) is 17.4 Å². The van der Waals surface area contributed by atoms with Gasteiger partial charge in [-0.3, -0.25) is 9.69 Å². The molecule has 138 valence electrons. The lowest BCUT2D eigenvalue weighted by Gasteiger charge is -2.33. The molecule has 0 saturated carbocycles. The largest absolute Gasteiger partial charge is 0.323 e. The van der Waals surface area contributed by atoms with Crippen molar-refractivity contribution in [1.29, 1.82) is 0 Å². The molecule has 1 atom stereocenters. The molecule has 1 aliphatic rings. The van der Waals surface area contributed by atoms with Gasteiger partial charge >= 0.3 is 0 Å². The van der Waals surface area contributed by atoms with Crippen LogP contribution in [-0.2, 0) is 14.6 Å². The third-order valence-electron chi connectivity index (χ3n) is 4.30. The molecule has 0 aromatic heterocycles. The number of halogens is 2. The third kappa shape index (κ3) is 4.57. The van der Waals surface area contributed by atoms with Crippen LogP contribution in [0.1, 0.15) is 11.6 Å². The van der Waals surface area contributed by atoms with Crippen molar-refractivity contribution in [2.24, 2.45) is 0 Å².